The van der Waals surface area contributed by atoms with Gasteiger partial charge in [0.2, 0.25) is 0 Å². The van der Waals surface area contributed by atoms with Crippen molar-refractivity contribution in [3.8, 4) is 0 Å². The highest BCUT2D eigenvalue weighted by Gasteiger charge is 2.31. The van der Waals surface area contributed by atoms with Crippen molar-refractivity contribution in [2.45, 2.75) is 18.5 Å². The van der Waals surface area contributed by atoms with Crippen LogP contribution in [0.3, 0.4) is 0 Å². The highest BCUT2D eigenvalue weighted by atomic mass is 32.2. The lowest BCUT2D eigenvalue weighted by molar-refractivity contribution is -0.324. The molecule has 12 heavy (non-hydrogen) atoms. The van der Waals surface area contributed by atoms with Gasteiger partial charge in [0.05, 0.1) is 6.61 Å². The standard InChI is InChI=1S/C4H7F3O4S/c1-3(12(8,9)10)2-11-4(5,6)7/h3H,2H2,1H3,(H,8,9,10). The molecule has 0 fully saturated rings. The summed E-state index contributed by atoms with van der Waals surface area (Å²) in [6.07, 6.45) is -4.88. The molecule has 0 aliphatic carbocycles. The molecule has 0 spiro atoms. The summed E-state index contributed by atoms with van der Waals surface area (Å²) in [5.74, 6) is 0. The van der Waals surface area contributed by atoms with E-state index in [1.807, 2.05) is 0 Å². The monoisotopic (exact) mass is 208 g/mol. The van der Waals surface area contributed by atoms with Crippen LogP contribution in [0.1, 0.15) is 6.92 Å². The number of hydrogen-bond donors (Lipinski definition) is 1. The molecule has 0 aromatic heterocycles. The Kier molecular flexibility index (Phi) is 3.48. The van der Waals surface area contributed by atoms with Gasteiger partial charge in [0, 0.05) is 0 Å². The molecule has 1 atom stereocenters. The van der Waals surface area contributed by atoms with E-state index in [1.165, 1.54) is 0 Å². The summed E-state index contributed by atoms with van der Waals surface area (Å²) in [7, 11) is -4.45. The van der Waals surface area contributed by atoms with Gasteiger partial charge in [-0.1, -0.05) is 0 Å². The molecule has 0 aromatic carbocycles. The van der Waals surface area contributed by atoms with Crippen molar-refractivity contribution in [1.82, 2.24) is 0 Å². The molecular formula is C4H7F3O4S. The Bertz CT molecular complexity index is 231. The third-order valence-corrected chi connectivity index (χ3v) is 2.14. The summed E-state index contributed by atoms with van der Waals surface area (Å²) in [4.78, 5) is 0. The van der Waals surface area contributed by atoms with Gasteiger partial charge in [0.1, 0.15) is 5.25 Å². The zero-order chi connectivity index (χ0) is 9.99. The van der Waals surface area contributed by atoms with Gasteiger partial charge in [0.15, 0.2) is 0 Å². The van der Waals surface area contributed by atoms with E-state index in [1.54, 1.807) is 0 Å². The quantitative estimate of drug-likeness (QED) is 0.697. The van der Waals surface area contributed by atoms with Crippen molar-refractivity contribution in [1.29, 1.82) is 0 Å². The highest BCUT2D eigenvalue weighted by Crippen LogP contribution is 2.17. The first kappa shape index (κ1) is 11.7. The van der Waals surface area contributed by atoms with E-state index in [-0.39, 0.29) is 0 Å². The van der Waals surface area contributed by atoms with Gasteiger partial charge in [-0.05, 0) is 6.92 Å². The van der Waals surface area contributed by atoms with Gasteiger partial charge < -0.3 is 0 Å². The molecule has 0 heterocycles. The van der Waals surface area contributed by atoms with E-state index < -0.39 is 28.3 Å². The summed E-state index contributed by atoms with van der Waals surface area (Å²) in [5.41, 5.74) is 0. The summed E-state index contributed by atoms with van der Waals surface area (Å²) >= 11 is 0. The molecule has 0 radical (unpaired) electrons. The molecule has 1 N–H and O–H groups in total. The van der Waals surface area contributed by atoms with Crippen LogP contribution < -0.4 is 0 Å². The molecule has 0 aliphatic rings. The van der Waals surface area contributed by atoms with Crippen LogP contribution in [-0.4, -0.2) is 31.2 Å². The lowest BCUT2D eigenvalue weighted by atomic mass is 10.5. The maximum absolute atomic E-state index is 11.3. The molecule has 8 heteroatoms. The van der Waals surface area contributed by atoms with Gasteiger partial charge in [-0.2, -0.15) is 8.42 Å². The minimum Gasteiger partial charge on any atom is -0.290 e. The SMILES string of the molecule is CC(COC(F)(F)F)S(=O)(=O)O. The first-order valence-electron chi connectivity index (χ1n) is 2.80. The fraction of sp³-hybridized carbons (Fsp3) is 1.00. The van der Waals surface area contributed by atoms with Crippen LogP contribution in [0.2, 0.25) is 0 Å². The van der Waals surface area contributed by atoms with Crippen molar-refractivity contribution in [3.05, 3.63) is 0 Å². The third-order valence-electron chi connectivity index (χ3n) is 0.990. The van der Waals surface area contributed by atoms with Gasteiger partial charge in [-0.3, -0.25) is 9.29 Å². The number of rotatable bonds is 3. The fourth-order valence-electron chi connectivity index (χ4n) is 0.298. The van der Waals surface area contributed by atoms with Crippen LogP contribution in [0, 0.1) is 0 Å². The molecule has 4 nitrogen and oxygen atoms in total. The molecule has 0 aliphatic heterocycles. The molecule has 1 unspecified atom stereocenters. The van der Waals surface area contributed by atoms with Crippen molar-refractivity contribution >= 4 is 10.1 Å². The van der Waals surface area contributed by atoms with Crippen LogP contribution >= 0.6 is 0 Å². The van der Waals surface area contributed by atoms with E-state index in [9.17, 15) is 21.6 Å². The molecule has 0 rings (SSSR count). The van der Waals surface area contributed by atoms with Crippen molar-refractivity contribution < 1.29 is 30.9 Å². The predicted octanol–water partition coefficient (Wildman–Crippen LogP) is 0.799. The second-order valence-electron chi connectivity index (χ2n) is 2.08. The van der Waals surface area contributed by atoms with E-state index in [0.29, 0.717) is 0 Å². The molecule has 0 saturated carbocycles. The van der Waals surface area contributed by atoms with Gasteiger partial charge in [0.25, 0.3) is 10.1 Å². The Morgan fingerprint density at radius 2 is 1.92 bits per heavy atom. The zero-order valence-electron chi connectivity index (χ0n) is 6.00. The summed E-state index contributed by atoms with van der Waals surface area (Å²) in [6.45, 7) is -0.205. The zero-order valence-corrected chi connectivity index (χ0v) is 6.82. The fourth-order valence-corrected chi connectivity index (χ4v) is 0.538. The molecular weight excluding hydrogens is 201 g/mol. The predicted molar refractivity (Wildman–Crippen MR) is 33.0 cm³/mol. The third kappa shape index (κ3) is 5.33. The molecule has 0 aromatic rings. The Hall–Kier alpha value is -0.340. The van der Waals surface area contributed by atoms with Crippen LogP contribution in [0.15, 0.2) is 0 Å². The van der Waals surface area contributed by atoms with E-state index >= 15 is 0 Å². The van der Waals surface area contributed by atoms with E-state index in [0.717, 1.165) is 6.92 Å². The Morgan fingerprint density at radius 1 is 1.50 bits per heavy atom. The molecule has 0 bridgehead atoms. The van der Waals surface area contributed by atoms with Crippen molar-refractivity contribution in [3.63, 3.8) is 0 Å². The summed E-state index contributed by atoms with van der Waals surface area (Å²) in [6, 6.07) is 0. The number of alkyl halides is 3. The Balaban J connectivity index is 3.98. The highest BCUT2D eigenvalue weighted by molar-refractivity contribution is 7.86. The molecule has 0 saturated heterocycles. The second kappa shape index (κ2) is 3.58. The van der Waals surface area contributed by atoms with Gasteiger partial charge in [-0.25, -0.2) is 0 Å². The van der Waals surface area contributed by atoms with Gasteiger partial charge in [-0.15, -0.1) is 13.2 Å². The largest absolute Gasteiger partial charge is 0.522 e. The maximum atomic E-state index is 11.3. The Morgan fingerprint density at radius 3 is 2.17 bits per heavy atom. The minimum absolute atomic E-state index is 0.904. The van der Waals surface area contributed by atoms with E-state index in [2.05, 4.69) is 4.74 Å². The van der Waals surface area contributed by atoms with Gasteiger partial charge >= 0.3 is 6.36 Å². The molecule has 0 amide bonds. The number of ether oxygens (including phenoxy) is 1. The lowest BCUT2D eigenvalue weighted by Gasteiger charge is -2.10. The Labute approximate surface area is 67.1 Å². The van der Waals surface area contributed by atoms with Crippen LogP contribution in [-0.2, 0) is 14.9 Å². The average molecular weight is 208 g/mol. The van der Waals surface area contributed by atoms with Crippen molar-refractivity contribution in [2.75, 3.05) is 6.61 Å². The number of halogens is 3. The topological polar surface area (TPSA) is 63.6 Å². The first-order chi connectivity index (χ1) is 5.13. The van der Waals surface area contributed by atoms with Crippen LogP contribution in [0.25, 0.3) is 0 Å². The summed E-state index contributed by atoms with van der Waals surface area (Å²) < 4.78 is 65.6. The first-order valence-corrected chi connectivity index (χ1v) is 4.30. The summed E-state index contributed by atoms with van der Waals surface area (Å²) in [5, 5.41) is -1.58. The minimum atomic E-state index is -4.88. The maximum Gasteiger partial charge on any atom is 0.522 e. The normalized spacial score (nSPS) is 16.1. The van der Waals surface area contributed by atoms with Crippen LogP contribution in [0.5, 0.6) is 0 Å². The number of hydrogen-bond acceptors (Lipinski definition) is 3. The van der Waals surface area contributed by atoms with E-state index in [4.69, 9.17) is 4.55 Å². The average Bonchev–Trinajstić information content (AvgIpc) is 1.78. The lowest BCUT2D eigenvalue weighted by Crippen LogP contribution is -2.27. The second-order valence-corrected chi connectivity index (χ2v) is 3.92. The smallest absolute Gasteiger partial charge is 0.290 e. The molecule has 74 valence electrons. The van der Waals surface area contributed by atoms with Crippen LogP contribution in [0.4, 0.5) is 13.2 Å². The van der Waals surface area contributed by atoms with Crippen molar-refractivity contribution in [2.24, 2.45) is 0 Å².